The van der Waals surface area contributed by atoms with E-state index in [0.29, 0.717) is 6.54 Å². The standard InChI is InChI=1S/C15H21NO2S/c1-4-6-12(2)15(18)16(3)10-13-9-14(19-11-13)7-5-8-17/h9,11-12,17H,4,6,8,10H2,1-3H3. The van der Waals surface area contributed by atoms with Crippen LogP contribution in [0.15, 0.2) is 11.4 Å². The van der Waals surface area contributed by atoms with Crippen LogP contribution in [0.4, 0.5) is 0 Å². The Hall–Kier alpha value is -1.31. The molecule has 1 aromatic rings. The van der Waals surface area contributed by atoms with Crippen LogP contribution in [0, 0.1) is 17.8 Å². The number of rotatable bonds is 5. The summed E-state index contributed by atoms with van der Waals surface area (Å²) in [6.07, 6.45) is 1.96. The number of aliphatic hydroxyl groups excluding tert-OH is 1. The van der Waals surface area contributed by atoms with Crippen LogP contribution in [0.5, 0.6) is 0 Å². The summed E-state index contributed by atoms with van der Waals surface area (Å²) < 4.78 is 0. The van der Waals surface area contributed by atoms with Crippen LogP contribution in [0.3, 0.4) is 0 Å². The van der Waals surface area contributed by atoms with Crippen molar-refractivity contribution in [2.75, 3.05) is 13.7 Å². The molecule has 0 aromatic carbocycles. The maximum absolute atomic E-state index is 12.1. The molecule has 0 saturated heterocycles. The van der Waals surface area contributed by atoms with Crippen molar-refractivity contribution in [2.24, 2.45) is 5.92 Å². The summed E-state index contributed by atoms with van der Waals surface area (Å²) >= 11 is 1.54. The van der Waals surface area contributed by atoms with Crippen LogP contribution in [0.2, 0.25) is 0 Å². The summed E-state index contributed by atoms with van der Waals surface area (Å²) in [5.41, 5.74) is 1.09. The Morgan fingerprint density at radius 3 is 2.95 bits per heavy atom. The summed E-state index contributed by atoms with van der Waals surface area (Å²) in [5.74, 6) is 5.78. The predicted octanol–water partition coefficient (Wildman–Crippen LogP) is 2.49. The van der Waals surface area contributed by atoms with Gasteiger partial charge in [0.25, 0.3) is 0 Å². The first kappa shape index (κ1) is 15.7. The second-order valence-corrected chi connectivity index (χ2v) is 5.57. The van der Waals surface area contributed by atoms with E-state index >= 15 is 0 Å². The summed E-state index contributed by atoms with van der Waals surface area (Å²) in [5, 5.41) is 10.7. The zero-order chi connectivity index (χ0) is 14.3. The third-order valence-corrected chi connectivity index (χ3v) is 3.78. The lowest BCUT2D eigenvalue weighted by atomic mass is 10.0. The normalized spacial score (nSPS) is 11.6. The number of carbonyl (C=O) groups is 1. The van der Waals surface area contributed by atoms with Gasteiger partial charge in [-0.05, 0) is 23.4 Å². The molecule has 4 heteroatoms. The number of amides is 1. The van der Waals surface area contributed by atoms with E-state index in [-0.39, 0.29) is 18.4 Å². The van der Waals surface area contributed by atoms with E-state index in [2.05, 4.69) is 18.8 Å². The van der Waals surface area contributed by atoms with Gasteiger partial charge in [0.15, 0.2) is 0 Å². The molecule has 0 aliphatic carbocycles. The van der Waals surface area contributed by atoms with Gasteiger partial charge >= 0.3 is 0 Å². The minimum Gasteiger partial charge on any atom is -0.384 e. The highest BCUT2D eigenvalue weighted by Crippen LogP contribution is 2.17. The lowest BCUT2D eigenvalue weighted by molar-refractivity contribution is -0.134. The van der Waals surface area contributed by atoms with Gasteiger partial charge in [-0.25, -0.2) is 0 Å². The smallest absolute Gasteiger partial charge is 0.225 e. The van der Waals surface area contributed by atoms with E-state index in [0.717, 1.165) is 23.3 Å². The van der Waals surface area contributed by atoms with Crippen LogP contribution in [0.1, 0.15) is 37.1 Å². The van der Waals surface area contributed by atoms with Gasteiger partial charge in [-0.3, -0.25) is 4.79 Å². The van der Waals surface area contributed by atoms with Gasteiger partial charge in [-0.15, -0.1) is 11.3 Å². The van der Waals surface area contributed by atoms with Gasteiger partial charge in [0, 0.05) is 19.5 Å². The molecular formula is C15H21NO2S. The largest absolute Gasteiger partial charge is 0.384 e. The Balaban J connectivity index is 2.59. The fourth-order valence-corrected chi connectivity index (χ4v) is 2.71. The molecule has 1 aromatic heterocycles. The number of aliphatic hydroxyl groups is 1. The minimum absolute atomic E-state index is 0.0855. The highest BCUT2D eigenvalue weighted by atomic mass is 32.1. The monoisotopic (exact) mass is 279 g/mol. The summed E-state index contributed by atoms with van der Waals surface area (Å²) in [6.45, 7) is 4.56. The second-order valence-electron chi connectivity index (χ2n) is 4.66. The zero-order valence-corrected chi connectivity index (χ0v) is 12.6. The molecule has 1 N–H and O–H groups in total. The van der Waals surface area contributed by atoms with Crippen molar-refractivity contribution in [1.82, 2.24) is 4.90 Å². The first-order chi connectivity index (χ1) is 9.08. The van der Waals surface area contributed by atoms with Crippen LogP contribution in [-0.2, 0) is 11.3 Å². The molecule has 0 spiro atoms. The van der Waals surface area contributed by atoms with Crippen molar-refractivity contribution < 1.29 is 9.90 Å². The molecule has 19 heavy (non-hydrogen) atoms. The zero-order valence-electron chi connectivity index (χ0n) is 11.8. The molecule has 1 amide bonds. The Bertz CT molecular complexity index is 470. The van der Waals surface area contributed by atoms with Gasteiger partial charge in [-0.2, -0.15) is 0 Å². The molecular weight excluding hydrogens is 258 g/mol. The fraction of sp³-hybridized carbons (Fsp3) is 0.533. The van der Waals surface area contributed by atoms with Crippen molar-refractivity contribution in [1.29, 1.82) is 0 Å². The van der Waals surface area contributed by atoms with Crippen molar-refractivity contribution in [2.45, 2.75) is 33.2 Å². The maximum atomic E-state index is 12.1. The average molecular weight is 279 g/mol. The van der Waals surface area contributed by atoms with Crippen LogP contribution in [-0.4, -0.2) is 29.6 Å². The molecule has 0 aliphatic rings. The molecule has 1 rings (SSSR count). The second kappa shape index (κ2) is 7.98. The number of carbonyl (C=O) groups excluding carboxylic acids is 1. The molecule has 1 heterocycles. The van der Waals surface area contributed by atoms with Crippen molar-refractivity contribution in [3.05, 3.63) is 21.9 Å². The molecule has 0 bridgehead atoms. The molecule has 104 valence electrons. The van der Waals surface area contributed by atoms with E-state index in [1.165, 1.54) is 11.3 Å². The van der Waals surface area contributed by atoms with Gasteiger partial charge in [0.1, 0.15) is 6.61 Å². The van der Waals surface area contributed by atoms with E-state index in [1.54, 1.807) is 4.90 Å². The Morgan fingerprint density at radius 2 is 2.32 bits per heavy atom. The van der Waals surface area contributed by atoms with Crippen LogP contribution in [0.25, 0.3) is 0 Å². The maximum Gasteiger partial charge on any atom is 0.225 e. The molecule has 3 nitrogen and oxygen atoms in total. The lowest BCUT2D eigenvalue weighted by Crippen LogP contribution is -2.31. The topological polar surface area (TPSA) is 40.5 Å². The molecule has 1 atom stereocenters. The van der Waals surface area contributed by atoms with Gasteiger partial charge in [0.2, 0.25) is 5.91 Å². The number of thiophene rings is 1. The van der Waals surface area contributed by atoms with E-state index < -0.39 is 0 Å². The predicted molar refractivity (Wildman–Crippen MR) is 78.8 cm³/mol. The first-order valence-corrected chi connectivity index (χ1v) is 7.38. The summed E-state index contributed by atoms with van der Waals surface area (Å²) in [6, 6.07) is 1.97. The molecule has 1 unspecified atom stereocenters. The summed E-state index contributed by atoms with van der Waals surface area (Å²) in [4.78, 5) is 14.8. The Morgan fingerprint density at radius 1 is 1.58 bits per heavy atom. The van der Waals surface area contributed by atoms with E-state index in [1.807, 2.05) is 25.4 Å². The first-order valence-electron chi connectivity index (χ1n) is 6.50. The SMILES string of the molecule is CCCC(C)C(=O)N(C)Cc1csc(C#CCO)c1. The van der Waals surface area contributed by atoms with E-state index in [4.69, 9.17) is 5.11 Å². The summed E-state index contributed by atoms with van der Waals surface area (Å²) in [7, 11) is 1.84. The number of hydrogen-bond acceptors (Lipinski definition) is 3. The Labute approximate surface area is 119 Å². The van der Waals surface area contributed by atoms with Gasteiger partial charge in [0.05, 0.1) is 4.88 Å². The van der Waals surface area contributed by atoms with Crippen LogP contribution >= 0.6 is 11.3 Å². The minimum atomic E-state index is -0.125. The molecule has 0 saturated carbocycles. The highest BCUT2D eigenvalue weighted by Gasteiger charge is 2.16. The number of nitrogens with zero attached hydrogens (tertiary/aromatic N) is 1. The van der Waals surface area contributed by atoms with Gasteiger partial charge < -0.3 is 10.0 Å². The van der Waals surface area contributed by atoms with Gasteiger partial charge in [-0.1, -0.05) is 32.1 Å². The van der Waals surface area contributed by atoms with Crippen molar-refractivity contribution in [3.63, 3.8) is 0 Å². The molecule has 0 radical (unpaired) electrons. The van der Waals surface area contributed by atoms with Crippen molar-refractivity contribution >= 4 is 17.2 Å². The van der Waals surface area contributed by atoms with Crippen LogP contribution < -0.4 is 0 Å². The molecule has 0 fully saturated rings. The van der Waals surface area contributed by atoms with Crippen molar-refractivity contribution in [3.8, 4) is 11.8 Å². The molecule has 0 aliphatic heterocycles. The fourth-order valence-electron chi connectivity index (χ4n) is 1.94. The Kier molecular flexibility index (Phi) is 6.61. The quantitative estimate of drug-likeness (QED) is 0.841. The average Bonchev–Trinajstić information content (AvgIpc) is 2.83. The third kappa shape index (κ3) is 5.06. The number of hydrogen-bond donors (Lipinski definition) is 1. The third-order valence-electron chi connectivity index (χ3n) is 2.88. The highest BCUT2D eigenvalue weighted by molar-refractivity contribution is 7.10. The lowest BCUT2D eigenvalue weighted by Gasteiger charge is -2.20. The van der Waals surface area contributed by atoms with E-state index in [9.17, 15) is 4.79 Å².